The van der Waals surface area contributed by atoms with Crippen LogP contribution in [0.3, 0.4) is 0 Å². The highest BCUT2D eigenvalue weighted by Crippen LogP contribution is 2.34. The number of hydrogen-bond acceptors (Lipinski definition) is 2. The van der Waals surface area contributed by atoms with Gasteiger partial charge in [-0.3, -0.25) is 9.48 Å². The minimum absolute atomic E-state index is 0.207. The van der Waals surface area contributed by atoms with Gasteiger partial charge in [0.15, 0.2) is 0 Å². The Balaban J connectivity index is 1.63. The van der Waals surface area contributed by atoms with Gasteiger partial charge in [-0.2, -0.15) is 5.10 Å². The van der Waals surface area contributed by atoms with Gasteiger partial charge in [0.25, 0.3) is 0 Å². The lowest BCUT2D eigenvalue weighted by atomic mass is 9.74. The molecule has 2 aliphatic carbocycles. The van der Waals surface area contributed by atoms with Crippen molar-refractivity contribution in [2.24, 2.45) is 17.8 Å². The van der Waals surface area contributed by atoms with Gasteiger partial charge in [0.05, 0.1) is 11.7 Å². The topological polar surface area (TPSA) is 34.9 Å². The van der Waals surface area contributed by atoms with E-state index in [0.29, 0.717) is 23.7 Å². The molecule has 2 fully saturated rings. The van der Waals surface area contributed by atoms with E-state index in [-0.39, 0.29) is 5.92 Å². The van der Waals surface area contributed by atoms with E-state index in [9.17, 15) is 4.79 Å². The average molecular weight is 288 g/mol. The van der Waals surface area contributed by atoms with Crippen LogP contribution in [0.1, 0.15) is 70.5 Å². The van der Waals surface area contributed by atoms with Crippen LogP contribution in [-0.4, -0.2) is 15.6 Å². The molecule has 21 heavy (non-hydrogen) atoms. The van der Waals surface area contributed by atoms with Gasteiger partial charge >= 0.3 is 0 Å². The minimum atomic E-state index is 0.207. The Morgan fingerprint density at radius 1 is 1.29 bits per heavy atom. The van der Waals surface area contributed by atoms with Crippen molar-refractivity contribution in [1.29, 1.82) is 0 Å². The molecule has 2 unspecified atom stereocenters. The molecule has 0 saturated heterocycles. The zero-order valence-electron chi connectivity index (χ0n) is 13.4. The number of carbonyl (C=O) groups is 1. The van der Waals surface area contributed by atoms with Gasteiger partial charge in [0, 0.05) is 25.0 Å². The molecule has 3 heteroatoms. The van der Waals surface area contributed by atoms with Crippen LogP contribution < -0.4 is 0 Å². The molecule has 0 spiro atoms. The first-order valence-electron chi connectivity index (χ1n) is 8.70. The Hall–Kier alpha value is -1.12. The van der Waals surface area contributed by atoms with Gasteiger partial charge in [-0.05, 0) is 43.6 Å². The molecule has 3 nitrogen and oxygen atoms in total. The van der Waals surface area contributed by atoms with Gasteiger partial charge in [-0.15, -0.1) is 0 Å². The maximum atomic E-state index is 12.2. The van der Waals surface area contributed by atoms with E-state index in [1.54, 1.807) is 0 Å². The fourth-order valence-electron chi connectivity index (χ4n) is 4.06. The summed E-state index contributed by atoms with van der Waals surface area (Å²) in [5.41, 5.74) is 1.12. The van der Waals surface area contributed by atoms with Gasteiger partial charge in [0.2, 0.25) is 0 Å². The molecule has 3 rings (SSSR count). The number of hydrogen-bond donors (Lipinski definition) is 0. The second-order valence-electron chi connectivity index (χ2n) is 7.37. The molecule has 2 atom stereocenters. The van der Waals surface area contributed by atoms with E-state index >= 15 is 0 Å². The molecule has 116 valence electrons. The highest BCUT2D eigenvalue weighted by molar-refractivity contribution is 5.82. The summed E-state index contributed by atoms with van der Waals surface area (Å²) in [7, 11) is 0. The van der Waals surface area contributed by atoms with Crippen LogP contribution in [0.15, 0.2) is 12.3 Å². The molecule has 0 N–H and O–H groups in total. The normalized spacial score (nSPS) is 27.7. The van der Waals surface area contributed by atoms with Crippen molar-refractivity contribution in [1.82, 2.24) is 9.78 Å². The summed E-state index contributed by atoms with van der Waals surface area (Å²) in [5.74, 6) is 2.07. The largest absolute Gasteiger partial charge is 0.299 e. The van der Waals surface area contributed by atoms with Crippen molar-refractivity contribution < 1.29 is 4.79 Å². The van der Waals surface area contributed by atoms with Crippen molar-refractivity contribution >= 4 is 5.78 Å². The van der Waals surface area contributed by atoms with E-state index in [4.69, 9.17) is 5.10 Å². The Bertz CT molecular complexity index is 485. The molecule has 0 bridgehead atoms. The summed E-state index contributed by atoms with van der Waals surface area (Å²) in [6.07, 6.45) is 11.1. The fourth-order valence-corrected chi connectivity index (χ4v) is 4.06. The lowest BCUT2D eigenvalue weighted by Crippen LogP contribution is -2.29. The second-order valence-corrected chi connectivity index (χ2v) is 7.37. The quantitative estimate of drug-likeness (QED) is 0.833. The zero-order chi connectivity index (χ0) is 14.8. The molecule has 2 aliphatic rings. The van der Waals surface area contributed by atoms with E-state index in [0.717, 1.165) is 31.4 Å². The summed E-state index contributed by atoms with van der Waals surface area (Å²) in [5, 5.41) is 4.76. The summed E-state index contributed by atoms with van der Waals surface area (Å²) >= 11 is 0. The molecule has 0 amide bonds. The lowest BCUT2D eigenvalue weighted by molar-refractivity contribution is -0.125. The molecule has 0 radical (unpaired) electrons. The third-order valence-corrected chi connectivity index (χ3v) is 5.56. The minimum Gasteiger partial charge on any atom is -0.299 e. The third kappa shape index (κ3) is 3.38. The summed E-state index contributed by atoms with van der Waals surface area (Å²) in [6.45, 7) is 4.57. The van der Waals surface area contributed by atoms with Gasteiger partial charge in [0.1, 0.15) is 5.78 Å². The van der Waals surface area contributed by atoms with Crippen LogP contribution in [0, 0.1) is 17.8 Å². The monoisotopic (exact) mass is 288 g/mol. The second kappa shape index (κ2) is 6.33. The van der Waals surface area contributed by atoms with Crippen molar-refractivity contribution in [3.8, 4) is 0 Å². The number of ketones is 1. The van der Waals surface area contributed by atoms with E-state index in [1.165, 1.54) is 25.7 Å². The molecular formula is C18H28N2O. The number of carbonyl (C=O) groups excluding carboxylic acids is 1. The molecule has 1 aromatic heterocycles. The molecule has 1 aromatic rings. The number of nitrogens with zero attached hydrogens (tertiary/aromatic N) is 2. The summed E-state index contributed by atoms with van der Waals surface area (Å²) < 4.78 is 2.15. The molecule has 1 heterocycles. The molecule has 0 aromatic carbocycles. The van der Waals surface area contributed by atoms with Crippen molar-refractivity contribution in [3.63, 3.8) is 0 Å². The SMILES string of the molecule is CC(C)C1CCC(=O)C(Cc2ccn(C3CCCC3)n2)C1. The van der Waals surface area contributed by atoms with Crippen LogP contribution in [0.5, 0.6) is 0 Å². The van der Waals surface area contributed by atoms with E-state index in [2.05, 4.69) is 30.8 Å². The third-order valence-electron chi connectivity index (χ3n) is 5.56. The fraction of sp³-hybridized carbons (Fsp3) is 0.778. The van der Waals surface area contributed by atoms with E-state index in [1.807, 2.05) is 0 Å². The van der Waals surface area contributed by atoms with Crippen molar-refractivity contribution in [2.45, 2.75) is 71.3 Å². The van der Waals surface area contributed by atoms with Crippen LogP contribution in [0.2, 0.25) is 0 Å². The number of aromatic nitrogens is 2. The maximum absolute atomic E-state index is 12.2. The van der Waals surface area contributed by atoms with Gasteiger partial charge < -0.3 is 0 Å². The summed E-state index contributed by atoms with van der Waals surface area (Å²) in [4.78, 5) is 12.2. The Kier molecular flexibility index (Phi) is 4.46. The first-order chi connectivity index (χ1) is 10.1. The van der Waals surface area contributed by atoms with Crippen LogP contribution in [0.25, 0.3) is 0 Å². The van der Waals surface area contributed by atoms with Crippen LogP contribution in [0.4, 0.5) is 0 Å². The lowest BCUT2D eigenvalue weighted by Gasteiger charge is -2.30. The zero-order valence-corrected chi connectivity index (χ0v) is 13.4. The highest BCUT2D eigenvalue weighted by Gasteiger charge is 2.30. The van der Waals surface area contributed by atoms with Gasteiger partial charge in [-0.1, -0.05) is 26.7 Å². The standard InChI is InChI=1S/C18H28N2O/c1-13(2)14-7-8-18(21)15(11-14)12-16-9-10-20(19-16)17-5-3-4-6-17/h9-10,13-15,17H,3-8,11-12H2,1-2H3. The molecule has 2 saturated carbocycles. The Labute approximate surface area is 128 Å². The van der Waals surface area contributed by atoms with Crippen molar-refractivity contribution in [3.05, 3.63) is 18.0 Å². The predicted octanol–water partition coefficient (Wildman–Crippen LogP) is 4.18. The van der Waals surface area contributed by atoms with Crippen LogP contribution >= 0.6 is 0 Å². The molecular weight excluding hydrogens is 260 g/mol. The maximum Gasteiger partial charge on any atom is 0.136 e. The highest BCUT2D eigenvalue weighted by atomic mass is 16.1. The smallest absolute Gasteiger partial charge is 0.136 e. The number of Topliss-reactive ketones (excluding diaryl/α,β-unsaturated/α-hetero) is 1. The Morgan fingerprint density at radius 3 is 2.76 bits per heavy atom. The Morgan fingerprint density at radius 2 is 2.05 bits per heavy atom. The van der Waals surface area contributed by atoms with Crippen LogP contribution in [-0.2, 0) is 11.2 Å². The van der Waals surface area contributed by atoms with E-state index < -0.39 is 0 Å². The van der Waals surface area contributed by atoms with Crippen molar-refractivity contribution in [2.75, 3.05) is 0 Å². The average Bonchev–Trinajstić information content (AvgIpc) is 3.11. The number of rotatable bonds is 4. The summed E-state index contributed by atoms with van der Waals surface area (Å²) in [6, 6.07) is 2.73. The predicted molar refractivity (Wildman–Crippen MR) is 84.1 cm³/mol. The first kappa shape index (κ1) is 14.8. The molecule has 0 aliphatic heterocycles. The first-order valence-corrected chi connectivity index (χ1v) is 8.70. The van der Waals surface area contributed by atoms with Gasteiger partial charge in [-0.25, -0.2) is 0 Å².